The number of fused-ring (bicyclic) bond motifs is 5. The molecule has 0 bridgehead atoms. The molecule has 4 aliphatic rings. The van der Waals surface area contributed by atoms with Crippen molar-refractivity contribution in [1.82, 2.24) is 9.78 Å². The van der Waals surface area contributed by atoms with Crippen molar-refractivity contribution in [3.63, 3.8) is 0 Å². The average Bonchev–Trinajstić information content (AvgIpc) is 3.34. The number of aromatic nitrogens is 2. The molecule has 0 aromatic carbocycles. The molecule has 8 atom stereocenters. The summed E-state index contributed by atoms with van der Waals surface area (Å²) in [4.78, 5) is 13.5. The molecular formula is C30H44N2O. The maximum absolute atomic E-state index is 13.5. The van der Waals surface area contributed by atoms with Gasteiger partial charge in [-0.25, -0.2) is 0 Å². The summed E-state index contributed by atoms with van der Waals surface area (Å²) in [5.41, 5.74) is 1.68. The normalized spacial score (nSPS) is 42.3. The van der Waals surface area contributed by atoms with Crippen molar-refractivity contribution in [3.05, 3.63) is 18.0 Å². The van der Waals surface area contributed by atoms with E-state index in [2.05, 4.69) is 37.7 Å². The number of hydrogen-bond donors (Lipinski definition) is 0. The van der Waals surface area contributed by atoms with Gasteiger partial charge in [0.05, 0.1) is 18.3 Å². The number of hydrogen-bond acceptors (Lipinski definition) is 2. The van der Waals surface area contributed by atoms with Crippen LogP contribution in [-0.2, 0) is 11.3 Å². The Kier molecular flexibility index (Phi) is 6.26. The van der Waals surface area contributed by atoms with E-state index in [9.17, 15) is 4.79 Å². The highest BCUT2D eigenvalue weighted by Crippen LogP contribution is 2.68. The topological polar surface area (TPSA) is 34.9 Å². The third-order valence-corrected chi connectivity index (χ3v) is 11.2. The minimum absolute atomic E-state index is 0.192. The lowest BCUT2D eigenvalue weighted by Gasteiger charge is -2.60. The van der Waals surface area contributed by atoms with E-state index in [0.717, 1.165) is 41.6 Å². The number of carbonyl (C=O) groups is 1. The predicted octanol–water partition coefficient (Wildman–Crippen LogP) is 6.90. The van der Waals surface area contributed by atoms with Crippen molar-refractivity contribution in [2.75, 3.05) is 0 Å². The largest absolute Gasteiger partial charge is 0.297 e. The summed E-state index contributed by atoms with van der Waals surface area (Å²) < 4.78 is 1.81. The zero-order valence-corrected chi connectivity index (χ0v) is 21.4. The first-order valence-electron chi connectivity index (χ1n) is 13.9. The van der Waals surface area contributed by atoms with Crippen LogP contribution in [0.1, 0.15) is 104 Å². The third-order valence-electron chi connectivity index (χ3n) is 11.2. The van der Waals surface area contributed by atoms with Gasteiger partial charge < -0.3 is 0 Å². The third kappa shape index (κ3) is 3.81. The van der Waals surface area contributed by atoms with E-state index in [0.29, 0.717) is 17.7 Å². The number of nitrogens with zero attached hydrogens (tertiary/aromatic N) is 2. The first kappa shape index (κ1) is 23.2. The molecule has 4 saturated carbocycles. The fourth-order valence-corrected chi connectivity index (χ4v) is 9.54. The van der Waals surface area contributed by atoms with Crippen molar-refractivity contribution >= 4 is 5.78 Å². The molecular weight excluding hydrogens is 404 g/mol. The quantitative estimate of drug-likeness (QED) is 0.470. The molecule has 8 unspecified atom stereocenters. The van der Waals surface area contributed by atoms with Crippen LogP contribution in [0.15, 0.2) is 12.4 Å². The van der Waals surface area contributed by atoms with Crippen LogP contribution in [0.5, 0.6) is 0 Å². The highest BCUT2D eigenvalue weighted by molar-refractivity contribution is 5.82. The van der Waals surface area contributed by atoms with E-state index < -0.39 is 0 Å². The molecule has 5 rings (SSSR count). The maximum atomic E-state index is 13.5. The van der Waals surface area contributed by atoms with Crippen LogP contribution in [0.2, 0.25) is 0 Å². The Morgan fingerprint density at radius 1 is 1.09 bits per heavy atom. The van der Waals surface area contributed by atoms with Gasteiger partial charge in [-0.15, -0.1) is 5.92 Å². The lowest BCUT2D eigenvalue weighted by Crippen LogP contribution is -2.53. The Balaban J connectivity index is 1.35. The van der Waals surface area contributed by atoms with Gasteiger partial charge in [-0.05, 0) is 105 Å². The summed E-state index contributed by atoms with van der Waals surface area (Å²) >= 11 is 0. The highest BCUT2D eigenvalue weighted by Gasteiger charge is 2.61. The number of carbonyl (C=O) groups excluding carboxylic acids is 1. The molecule has 1 aromatic heterocycles. The van der Waals surface area contributed by atoms with Gasteiger partial charge in [0.25, 0.3) is 0 Å². The lowest BCUT2D eigenvalue weighted by molar-refractivity contribution is -0.135. The lowest BCUT2D eigenvalue weighted by atomic mass is 9.45. The first-order chi connectivity index (χ1) is 15.9. The molecule has 0 aliphatic heterocycles. The van der Waals surface area contributed by atoms with E-state index in [1.807, 2.05) is 17.8 Å². The molecule has 0 saturated heterocycles. The summed E-state index contributed by atoms with van der Waals surface area (Å²) in [5, 5.41) is 4.41. The van der Waals surface area contributed by atoms with Crippen molar-refractivity contribution < 1.29 is 4.79 Å². The zero-order chi connectivity index (χ0) is 23.2. The summed E-state index contributed by atoms with van der Waals surface area (Å²) in [5.74, 6) is 10.9. The Labute approximate surface area is 201 Å². The minimum atomic E-state index is 0.192. The molecule has 4 aliphatic carbocycles. The van der Waals surface area contributed by atoms with E-state index in [4.69, 9.17) is 0 Å². The summed E-state index contributed by atoms with van der Waals surface area (Å²) in [7, 11) is 0. The van der Waals surface area contributed by atoms with Crippen LogP contribution < -0.4 is 0 Å². The monoisotopic (exact) mass is 448 g/mol. The molecule has 0 amide bonds. The van der Waals surface area contributed by atoms with Gasteiger partial charge in [0, 0.05) is 12.1 Å². The first-order valence-corrected chi connectivity index (χ1v) is 13.9. The molecule has 1 heterocycles. The summed E-state index contributed by atoms with van der Waals surface area (Å²) in [6, 6.07) is 0. The van der Waals surface area contributed by atoms with Crippen LogP contribution in [0.4, 0.5) is 0 Å². The van der Waals surface area contributed by atoms with Crippen molar-refractivity contribution in [1.29, 1.82) is 0 Å². The van der Waals surface area contributed by atoms with Crippen LogP contribution in [-0.4, -0.2) is 15.6 Å². The molecule has 0 spiro atoms. The van der Waals surface area contributed by atoms with E-state index >= 15 is 0 Å². The minimum Gasteiger partial charge on any atom is -0.297 e. The Morgan fingerprint density at radius 3 is 2.70 bits per heavy atom. The number of ketones is 1. The SMILES string of the molecule is CC#Cc1cnn(CC(=O)C2CCC3C4CCC5CCC(C)CCC5(CC)C4CCC23C)c1. The maximum Gasteiger partial charge on any atom is 0.157 e. The van der Waals surface area contributed by atoms with Crippen LogP contribution >= 0.6 is 0 Å². The average molecular weight is 449 g/mol. The Hall–Kier alpha value is -1.56. The summed E-state index contributed by atoms with van der Waals surface area (Å²) in [6.07, 6.45) is 18.7. The van der Waals surface area contributed by atoms with Crippen LogP contribution in [0, 0.1) is 58.2 Å². The van der Waals surface area contributed by atoms with Crippen molar-refractivity contribution in [3.8, 4) is 11.8 Å². The van der Waals surface area contributed by atoms with E-state index in [-0.39, 0.29) is 11.3 Å². The fourth-order valence-electron chi connectivity index (χ4n) is 9.54. The zero-order valence-electron chi connectivity index (χ0n) is 21.4. The Morgan fingerprint density at radius 2 is 1.91 bits per heavy atom. The van der Waals surface area contributed by atoms with Crippen LogP contribution in [0.3, 0.4) is 0 Å². The van der Waals surface area contributed by atoms with Gasteiger partial charge >= 0.3 is 0 Å². The second-order valence-corrected chi connectivity index (χ2v) is 12.4. The van der Waals surface area contributed by atoms with E-state index in [1.54, 1.807) is 6.20 Å². The van der Waals surface area contributed by atoms with Gasteiger partial charge in [-0.2, -0.15) is 5.10 Å². The molecule has 1 aromatic rings. The van der Waals surface area contributed by atoms with Crippen molar-refractivity contribution in [2.24, 2.45) is 46.3 Å². The Bertz CT molecular complexity index is 937. The second kappa shape index (κ2) is 8.90. The van der Waals surface area contributed by atoms with Gasteiger partial charge in [-0.1, -0.05) is 39.5 Å². The molecule has 0 radical (unpaired) electrons. The molecule has 0 N–H and O–H groups in total. The number of rotatable bonds is 4. The second-order valence-electron chi connectivity index (χ2n) is 12.4. The van der Waals surface area contributed by atoms with Gasteiger partial charge in [0.15, 0.2) is 5.78 Å². The van der Waals surface area contributed by atoms with Gasteiger partial charge in [-0.3, -0.25) is 9.48 Å². The molecule has 180 valence electrons. The molecule has 4 fully saturated rings. The standard InChI is InChI=1S/C30H44N2O/c1-5-7-22-18-31-32(19-22)20-28(33)27-13-12-25-24-11-10-23-9-8-21(3)14-17-30(23,6-2)26(24)15-16-29(25,27)4/h18-19,21,23-27H,6,8-17,20H2,1-4H3. The smallest absolute Gasteiger partial charge is 0.157 e. The van der Waals surface area contributed by atoms with Gasteiger partial charge in [0.1, 0.15) is 0 Å². The summed E-state index contributed by atoms with van der Waals surface area (Å²) in [6.45, 7) is 9.72. The van der Waals surface area contributed by atoms with Gasteiger partial charge in [0.2, 0.25) is 0 Å². The van der Waals surface area contributed by atoms with Crippen molar-refractivity contribution in [2.45, 2.75) is 105 Å². The molecule has 33 heavy (non-hydrogen) atoms. The molecule has 3 nitrogen and oxygen atoms in total. The molecule has 3 heteroatoms. The fraction of sp³-hybridized carbons (Fsp3) is 0.800. The number of Topliss-reactive ketones (excluding diaryl/α,β-unsaturated/α-hetero) is 1. The van der Waals surface area contributed by atoms with Crippen LogP contribution in [0.25, 0.3) is 0 Å². The van der Waals surface area contributed by atoms with E-state index in [1.165, 1.54) is 64.2 Å². The highest BCUT2D eigenvalue weighted by atomic mass is 16.1. The predicted molar refractivity (Wildman–Crippen MR) is 133 cm³/mol.